The van der Waals surface area contributed by atoms with Crippen LogP contribution in [0.15, 0.2) is 59.4 Å². The normalized spacial score (nSPS) is 11.5. The van der Waals surface area contributed by atoms with E-state index in [0.717, 1.165) is 11.1 Å². The van der Waals surface area contributed by atoms with Gasteiger partial charge in [-0.1, -0.05) is 12.1 Å². The predicted molar refractivity (Wildman–Crippen MR) is 120 cm³/mol. The quantitative estimate of drug-likeness (QED) is 0.571. The van der Waals surface area contributed by atoms with Crippen LogP contribution in [0.4, 0.5) is 5.69 Å². The molecule has 0 aliphatic carbocycles. The number of nitrogens with one attached hydrogen (secondary N) is 1. The molecule has 1 N–H and O–H groups in total. The first-order chi connectivity index (χ1) is 15.3. The average molecular weight is 435 g/mol. The smallest absolute Gasteiger partial charge is 0.338 e. The van der Waals surface area contributed by atoms with Crippen molar-refractivity contribution in [1.29, 1.82) is 0 Å². The number of benzene rings is 2. The van der Waals surface area contributed by atoms with E-state index in [1.807, 2.05) is 26.0 Å². The maximum atomic E-state index is 12.6. The predicted octanol–water partition coefficient (Wildman–Crippen LogP) is 3.43. The van der Waals surface area contributed by atoms with Crippen molar-refractivity contribution in [2.75, 3.05) is 11.9 Å². The maximum absolute atomic E-state index is 12.6. The van der Waals surface area contributed by atoms with Gasteiger partial charge in [0.2, 0.25) is 5.88 Å². The molecule has 2 aromatic carbocycles. The summed E-state index contributed by atoms with van der Waals surface area (Å²) in [7, 11) is 0. The Balaban J connectivity index is 1.73. The fourth-order valence-corrected chi connectivity index (χ4v) is 2.92. The lowest BCUT2D eigenvalue weighted by molar-refractivity contribution is -0.122. The first kappa shape index (κ1) is 22.7. The molecule has 0 spiro atoms. The van der Waals surface area contributed by atoms with E-state index in [9.17, 15) is 14.4 Å². The molecule has 3 aromatic rings. The zero-order chi connectivity index (χ0) is 23.3. The number of hydrogen-bond donors (Lipinski definition) is 1. The molecule has 1 amide bonds. The van der Waals surface area contributed by atoms with E-state index < -0.39 is 18.0 Å². The van der Waals surface area contributed by atoms with Gasteiger partial charge in [0.25, 0.3) is 11.5 Å². The number of aryl methyl sites for hydroxylation is 2. The highest BCUT2D eigenvalue weighted by atomic mass is 16.5. The minimum atomic E-state index is -0.903. The van der Waals surface area contributed by atoms with Crippen LogP contribution in [0.25, 0.3) is 5.69 Å². The Hall–Kier alpha value is -3.94. The number of hydrogen-bond acceptors (Lipinski definition) is 6. The molecule has 8 nitrogen and oxygen atoms in total. The minimum Gasteiger partial charge on any atom is -0.463 e. The molecule has 0 saturated heterocycles. The summed E-state index contributed by atoms with van der Waals surface area (Å²) >= 11 is 0. The van der Waals surface area contributed by atoms with E-state index >= 15 is 0 Å². The van der Waals surface area contributed by atoms with Crippen LogP contribution < -0.4 is 15.6 Å². The highest BCUT2D eigenvalue weighted by Gasteiger charge is 2.17. The number of amides is 1. The summed E-state index contributed by atoms with van der Waals surface area (Å²) in [5.74, 6) is -0.770. The Morgan fingerprint density at radius 3 is 2.56 bits per heavy atom. The summed E-state index contributed by atoms with van der Waals surface area (Å²) < 4.78 is 11.9. The monoisotopic (exact) mass is 435 g/mol. The first-order valence-corrected chi connectivity index (χ1v) is 10.2. The van der Waals surface area contributed by atoms with Crippen molar-refractivity contribution in [3.05, 3.63) is 81.6 Å². The van der Waals surface area contributed by atoms with Gasteiger partial charge in [0.1, 0.15) is 0 Å². The lowest BCUT2D eigenvalue weighted by atomic mass is 10.1. The van der Waals surface area contributed by atoms with Crippen molar-refractivity contribution in [1.82, 2.24) is 9.78 Å². The zero-order valence-electron chi connectivity index (χ0n) is 18.4. The SMILES string of the molecule is CCOC(=O)c1cccc(NC(=O)[C@@H](C)Oc2ccc(=O)n(-c3ccc(C)c(C)c3)n2)c1. The number of aromatic nitrogens is 2. The van der Waals surface area contributed by atoms with E-state index in [-0.39, 0.29) is 18.0 Å². The van der Waals surface area contributed by atoms with Gasteiger partial charge < -0.3 is 14.8 Å². The molecule has 0 aliphatic rings. The second kappa shape index (κ2) is 9.91. The number of rotatable bonds is 7. The number of anilines is 1. The van der Waals surface area contributed by atoms with Crippen LogP contribution in [0.2, 0.25) is 0 Å². The second-order valence-corrected chi connectivity index (χ2v) is 7.24. The van der Waals surface area contributed by atoms with Gasteiger partial charge in [0.15, 0.2) is 6.10 Å². The average Bonchev–Trinajstić information content (AvgIpc) is 2.77. The molecule has 0 radical (unpaired) electrons. The van der Waals surface area contributed by atoms with Crippen molar-refractivity contribution in [3.8, 4) is 11.6 Å². The summed E-state index contributed by atoms with van der Waals surface area (Å²) in [4.78, 5) is 36.7. The Morgan fingerprint density at radius 2 is 1.84 bits per heavy atom. The molecule has 0 aliphatic heterocycles. The number of esters is 1. The van der Waals surface area contributed by atoms with E-state index in [2.05, 4.69) is 10.4 Å². The molecular formula is C24H25N3O5. The van der Waals surface area contributed by atoms with E-state index in [4.69, 9.17) is 9.47 Å². The number of carbonyl (C=O) groups is 2. The van der Waals surface area contributed by atoms with Crippen molar-refractivity contribution < 1.29 is 19.1 Å². The van der Waals surface area contributed by atoms with Gasteiger partial charge in [0.05, 0.1) is 17.9 Å². The van der Waals surface area contributed by atoms with Crippen molar-refractivity contribution in [2.24, 2.45) is 0 Å². The molecule has 1 heterocycles. The van der Waals surface area contributed by atoms with E-state index in [1.165, 1.54) is 22.9 Å². The van der Waals surface area contributed by atoms with Gasteiger partial charge in [-0.05, 0) is 69.2 Å². The van der Waals surface area contributed by atoms with Gasteiger partial charge in [-0.2, -0.15) is 4.68 Å². The summed E-state index contributed by atoms with van der Waals surface area (Å²) in [6, 6.07) is 14.8. The largest absolute Gasteiger partial charge is 0.463 e. The van der Waals surface area contributed by atoms with Crippen LogP contribution in [-0.4, -0.2) is 34.4 Å². The van der Waals surface area contributed by atoms with E-state index in [0.29, 0.717) is 16.9 Å². The van der Waals surface area contributed by atoms with Crippen LogP contribution in [0.1, 0.15) is 35.3 Å². The molecule has 0 unspecified atom stereocenters. The van der Waals surface area contributed by atoms with Crippen LogP contribution in [0, 0.1) is 13.8 Å². The Labute approximate surface area is 185 Å². The molecule has 0 bridgehead atoms. The summed E-state index contributed by atoms with van der Waals surface area (Å²) in [6.45, 7) is 7.49. The molecule has 1 aromatic heterocycles. The third-order valence-corrected chi connectivity index (χ3v) is 4.82. The van der Waals surface area contributed by atoms with Crippen molar-refractivity contribution >= 4 is 17.6 Å². The van der Waals surface area contributed by atoms with Gasteiger partial charge in [-0.15, -0.1) is 5.10 Å². The maximum Gasteiger partial charge on any atom is 0.338 e. The second-order valence-electron chi connectivity index (χ2n) is 7.24. The Kier molecular flexibility index (Phi) is 7.04. The van der Waals surface area contributed by atoms with Crippen LogP contribution in [0.5, 0.6) is 5.88 Å². The third-order valence-electron chi connectivity index (χ3n) is 4.82. The number of ether oxygens (including phenoxy) is 2. The van der Waals surface area contributed by atoms with Crippen LogP contribution in [-0.2, 0) is 9.53 Å². The molecular weight excluding hydrogens is 410 g/mol. The summed E-state index contributed by atoms with van der Waals surface area (Å²) in [6.07, 6.45) is -0.903. The zero-order valence-corrected chi connectivity index (χ0v) is 18.4. The third kappa shape index (κ3) is 5.40. The Morgan fingerprint density at radius 1 is 1.06 bits per heavy atom. The summed E-state index contributed by atoms with van der Waals surface area (Å²) in [5, 5.41) is 6.94. The molecule has 166 valence electrons. The van der Waals surface area contributed by atoms with Gasteiger partial charge in [0, 0.05) is 17.8 Å². The molecule has 1 atom stereocenters. The first-order valence-electron chi connectivity index (χ1n) is 10.2. The fraction of sp³-hybridized carbons (Fsp3) is 0.250. The lowest BCUT2D eigenvalue weighted by Gasteiger charge is -2.15. The van der Waals surface area contributed by atoms with Gasteiger partial charge >= 0.3 is 5.97 Å². The minimum absolute atomic E-state index is 0.130. The topological polar surface area (TPSA) is 99.5 Å². The molecule has 32 heavy (non-hydrogen) atoms. The number of carbonyl (C=O) groups excluding carboxylic acids is 2. The highest BCUT2D eigenvalue weighted by molar-refractivity contribution is 5.96. The van der Waals surface area contributed by atoms with Crippen molar-refractivity contribution in [3.63, 3.8) is 0 Å². The van der Waals surface area contributed by atoms with Crippen LogP contribution >= 0.6 is 0 Å². The van der Waals surface area contributed by atoms with E-state index in [1.54, 1.807) is 38.1 Å². The summed E-state index contributed by atoms with van der Waals surface area (Å²) in [5.41, 5.74) is 3.20. The lowest BCUT2D eigenvalue weighted by Crippen LogP contribution is -2.31. The standard InChI is InChI=1S/C24H25N3O5/c1-5-31-24(30)18-7-6-8-19(14-18)25-23(29)17(4)32-21-11-12-22(28)27(26-21)20-10-9-15(2)16(3)13-20/h6-14,17H,5H2,1-4H3,(H,25,29)/t17-/m1/s1. The number of nitrogens with zero attached hydrogens (tertiary/aromatic N) is 2. The molecule has 0 fully saturated rings. The molecule has 0 saturated carbocycles. The Bertz CT molecular complexity index is 1200. The molecule has 3 rings (SSSR count). The van der Waals surface area contributed by atoms with Crippen molar-refractivity contribution in [2.45, 2.75) is 33.8 Å². The highest BCUT2D eigenvalue weighted by Crippen LogP contribution is 2.15. The van der Waals surface area contributed by atoms with Crippen LogP contribution in [0.3, 0.4) is 0 Å². The fourth-order valence-electron chi connectivity index (χ4n) is 2.92. The molecule has 8 heteroatoms. The van der Waals surface area contributed by atoms with Gasteiger partial charge in [-0.3, -0.25) is 9.59 Å². The van der Waals surface area contributed by atoms with Gasteiger partial charge in [-0.25, -0.2) is 4.79 Å².